The number of nitriles is 1. The number of fused-ring (bicyclic) bond motifs is 1. The molecule has 0 atom stereocenters. The Morgan fingerprint density at radius 1 is 1.26 bits per heavy atom. The third-order valence-corrected chi connectivity index (χ3v) is 10.2. The molecule has 1 N–H and O–H groups in total. The minimum atomic E-state index is -0.477. The number of halogens is 1. The Hall–Kier alpha value is -2.23. The van der Waals surface area contributed by atoms with Crippen LogP contribution in [-0.2, 0) is 14.9 Å². The number of carbonyl (C=O) groups excluding carboxylic acids is 1. The van der Waals surface area contributed by atoms with Gasteiger partial charge in [-0.1, -0.05) is 22.9 Å². The first-order chi connectivity index (χ1) is 18.4. The van der Waals surface area contributed by atoms with Crippen LogP contribution < -0.4 is 4.72 Å². The fourth-order valence-corrected chi connectivity index (χ4v) is 6.85. The number of aromatic nitrogens is 4. The van der Waals surface area contributed by atoms with Gasteiger partial charge in [-0.05, 0) is 81.4 Å². The lowest BCUT2D eigenvalue weighted by Gasteiger charge is -2.30. The first kappa shape index (κ1) is 26.0. The number of likely N-dealkylation sites (tertiary alicyclic amines) is 1. The van der Waals surface area contributed by atoms with Crippen molar-refractivity contribution in [3.05, 3.63) is 28.0 Å². The number of carbonyl (C=O) groups is 1. The van der Waals surface area contributed by atoms with Gasteiger partial charge in [-0.2, -0.15) is 5.26 Å². The molecule has 0 bridgehead atoms. The summed E-state index contributed by atoms with van der Waals surface area (Å²) in [5, 5.41) is 20.2. The number of rotatable bonds is 7. The zero-order valence-electron chi connectivity index (χ0n) is 21.3. The van der Waals surface area contributed by atoms with E-state index in [0.29, 0.717) is 16.0 Å². The van der Waals surface area contributed by atoms with Gasteiger partial charge in [0.1, 0.15) is 10.4 Å². The average Bonchev–Trinajstić information content (AvgIpc) is 3.77. The van der Waals surface area contributed by atoms with Crippen molar-refractivity contribution < 1.29 is 9.53 Å². The van der Waals surface area contributed by atoms with E-state index >= 15 is 0 Å². The molecule has 2 saturated carbocycles. The fraction of sp³-hybridized carbons (Fsp3) is 0.577. The Bertz CT molecular complexity index is 1380. The lowest BCUT2D eigenvalue weighted by Crippen LogP contribution is -2.31. The average molecular weight is 572 g/mol. The molecule has 2 aliphatic heterocycles. The highest BCUT2D eigenvalue weighted by Gasteiger charge is 2.48. The highest BCUT2D eigenvalue weighted by Crippen LogP contribution is 2.49. The largest absolute Gasteiger partial charge is 0.381 e. The van der Waals surface area contributed by atoms with Crippen LogP contribution in [0.2, 0.25) is 5.15 Å². The van der Waals surface area contributed by atoms with E-state index in [9.17, 15) is 10.1 Å². The van der Waals surface area contributed by atoms with Crippen molar-refractivity contribution in [1.29, 1.82) is 5.26 Å². The number of nitrogens with zero attached hydrogens (tertiary/aromatic N) is 6. The van der Waals surface area contributed by atoms with E-state index in [-0.39, 0.29) is 11.5 Å². The van der Waals surface area contributed by atoms with Crippen LogP contribution >= 0.6 is 34.9 Å². The Kier molecular flexibility index (Phi) is 7.12. The second kappa shape index (κ2) is 10.4. The monoisotopic (exact) mass is 571 g/mol. The van der Waals surface area contributed by atoms with Gasteiger partial charge in [0.25, 0.3) is 0 Å². The molecule has 4 aliphatic rings. The predicted molar refractivity (Wildman–Crippen MR) is 147 cm³/mol. The highest BCUT2D eigenvalue weighted by atomic mass is 35.5. The summed E-state index contributed by atoms with van der Waals surface area (Å²) in [5.74, 6) is 0.945. The Morgan fingerprint density at radius 2 is 1.97 bits per heavy atom. The number of imidazole rings is 1. The molecule has 2 aliphatic carbocycles. The standard InChI is InChI=1S/C23H24ClN7OS2.C3H6O/c1-22(4-5-22)29-34-15-10-16(14-2-8-30(13-32)9-3-14)17-18(24)26-19(31(17)11-15)20-27-28-21(33-20)23(12-25)6-7-23;1-2-4-3-1/h10-11,13-14,29H,2-9H2,1H3;1-3H2. The normalized spacial score (nSPS) is 21.2. The molecule has 0 aromatic carbocycles. The van der Waals surface area contributed by atoms with Crippen molar-refractivity contribution in [1.82, 2.24) is 29.2 Å². The molecular weight excluding hydrogens is 542 g/mol. The number of piperidine rings is 1. The Labute approximate surface area is 235 Å². The fourth-order valence-electron chi connectivity index (χ4n) is 4.63. The van der Waals surface area contributed by atoms with E-state index in [0.717, 1.165) is 79.4 Å². The van der Waals surface area contributed by atoms with Gasteiger partial charge in [0.05, 0.1) is 11.6 Å². The van der Waals surface area contributed by atoms with Gasteiger partial charge >= 0.3 is 0 Å². The van der Waals surface area contributed by atoms with Gasteiger partial charge in [0, 0.05) is 42.9 Å². The van der Waals surface area contributed by atoms with Gasteiger partial charge in [-0.15, -0.1) is 10.2 Å². The molecule has 7 rings (SSSR count). The molecule has 3 aromatic rings. The van der Waals surface area contributed by atoms with Gasteiger partial charge in [-0.3, -0.25) is 13.9 Å². The summed E-state index contributed by atoms with van der Waals surface area (Å²) in [7, 11) is 0. The van der Waals surface area contributed by atoms with Gasteiger partial charge in [0.15, 0.2) is 16.0 Å². The first-order valence-corrected chi connectivity index (χ1v) is 15.1. The molecule has 12 heteroatoms. The molecule has 0 radical (unpaired) electrons. The van der Waals surface area contributed by atoms with E-state index in [1.54, 1.807) is 11.9 Å². The van der Waals surface area contributed by atoms with Crippen molar-refractivity contribution in [2.45, 2.75) is 73.6 Å². The molecule has 1 amide bonds. The maximum absolute atomic E-state index is 11.2. The number of nitrogens with one attached hydrogen (secondary N) is 1. The summed E-state index contributed by atoms with van der Waals surface area (Å²) >= 11 is 9.81. The quantitative estimate of drug-likeness (QED) is 0.313. The second-order valence-electron chi connectivity index (χ2n) is 10.8. The summed E-state index contributed by atoms with van der Waals surface area (Å²) < 4.78 is 10.4. The highest BCUT2D eigenvalue weighted by molar-refractivity contribution is 7.97. The summed E-state index contributed by atoms with van der Waals surface area (Å²) in [6.07, 6.45) is 10.1. The second-order valence-corrected chi connectivity index (χ2v) is 13.0. The summed E-state index contributed by atoms with van der Waals surface area (Å²) in [4.78, 5) is 18.8. The molecule has 5 heterocycles. The number of hydrogen-bond donors (Lipinski definition) is 1. The zero-order chi connectivity index (χ0) is 26.3. The number of ether oxygens (including phenoxy) is 1. The molecule has 9 nitrogen and oxygen atoms in total. The Balaban J connectivity index is 0.000000606. The van der Waals surface area contributed by atoms with Crippen molar-refractivity contribution in [2.75, 3.05) is 26.3 Å². The van der Waals surface area contributed by atoms with Gasteiger partial charge in [0.2, 0.25) is 6.41 Å². The molecule has 2 saturated heterocycles. The summed E-state index contributed by atoms with van der Waals surface area (Å²) in [6.45, 7) is 5.71. The minimum absolute atomic E-state index is 0.189. The minimum Gasteiger partial charge on any atom is -0.381 e. The summed E-state index contributed by atoms with van der Waals surface area (Å²) in [5.41, 5.74) is 1.76. The molecule has 4 fully saturated rings. The van der Waals surface area contributed by atoms with Crippen molar-refractivity contribution in [2.24, 2.45) is 0 Å². The SMILES string of the molecule is C1COC1.CC1(NSc2cc(C3CCN(C=O)CC3)c3c(Cl)nc(-c4nnc(C5(C#N)CC5)s4)n3c2)CC1. The van der Waals surface area contributed by atoms with Crippen LogP contribution in [0.25, 0.3) is 16.3 Å². The maximum Gasteiger partial charge on any atom is 0.209 e. The molecule has 0 unspecified atom stereocenters. The van der Waals surface area contributed by atoms with E-state index in [2.05, 4.69) is 40.2 Å². The topological polar surface area (TPSA) is 108 Å². The van der Waals surface area contributed by atoms with Crippen LogP contribution in [0, 0.1) is 11.3 Å². The van der Waals surface area contributed by atoms with Crippen LogP contribution in [0.1, 0.15) is 68.4 Å². The molecule has 0 spiro atoms. The van der Waals surface area contributed by atoms with Crippen molar-refractivity contribution in [3.8, 4) is 16.9 Å². The molecule has 38 heavy (non-hydrogen) atoms. The van der Waals surface area contributed by atoms with Crippen molar-refractivity contribution >= 4 is 46.8 Å². The van der Waals surface area contributed by atoms with Crippen LogP contribution in [0.3, 0.4) is 0 Å². The van der Waals surface area contributed by atoms with Gasteiger partial charge in [-0.25, -0.2) is 4.98 Å². The lowest BCUT2D eigenvalue weighted by atomic mass is 9.89. The zero-order valence-corrected chi connectivity index (χ0v) is 23.7. The van der Waals surface area contributed by atoms with Crippen LogP contribution in [0.15, 0.2) is 17.2 Å². The van der Waals surface area contributed by atoms with Crippen molar-refractivity contribution in [3.63, 3.8) is 0 Å². The lowest BCUT2D eigenvalue weighted by molar-refractivity contribution is -0.119. The number of pyridine rings is 1. The third-order valence-electron chi connectivity index (χ3n) is 7.80. The van der Waals surface area contributed by atoms with Crippen LogP contribution in [-0.4, -0.2) is 62.7 Å². The number of amides is 1. The van der Waals surface area contributed by atoms with E-state index < -0.39 is 5.41 Å². The molecule has 3 aromatic heterocycles. The Morgan fingerprint density at radius 3 is 2.55 bits per heavy atom. The van der Waals surface area contributed by atoms with E-state index in [4.69, 9.17) is 21.3 Å². The predicted octanol–water partition coefficient (Wildman–Crippen LogP) is 4.95. The van der Waals surface area contributed by atoms with Crippen LogP contribution in [0.5, 0.6) is 0 Å². The van der Waals surface area contributed by atoms with Gasteiger partial charge < -0.3 is 9.64 Å². The smallest absolute Gasteiger partial charge is 0.209 e. The third kappa shape index (κ3) is 5.17. The van der Waals surface area contributed by atoms with E-state index in [1.165, 1.54) is 30.6 Å². The number of hydrogen-bond acceptors (Lipinski definition) is 9. The van der Waals surface area contributed by atoms with Crippen LogP contribution in [0.4, 0.5) is 0 Å². The first-order valence-electron chi connectivity index (χ1n) is 13.1. The molecule has 200 valence electrons. The summed E-state index contributed by atoms with van der Waals surface area (Å²) in [6, 6.07) is 4.62. The van der Waals surface area contributed by atoms with E-state index in [1.807, 2.05) is 9.30 Å². The maximum atomic E-state index is 11.2. The molecular formula is C26H30ClN7O2S2.